The predicted octanol–water partition coefficient (Wildman–Crippen LogP) is 2.17. The molecule has 0 fully saturated rings. The number of hydrogen-bond donors (Lipinski definition) is 3. The molecular weight excluding hydrogens is 286 g/mol. The van der Waals surface area contributed by atoms with E-state index in [0.29, 0.717) is 17.5 Å². The third-order valence-corrected chi connectivity index (χ3v) is 3.39. The van der Waals surface area contributed by atoms with E-state index in [-0.39, 0.29) is 18.4 Å². The van der Waals surface area contributed by atoms with Crippen LogP contribution in [0.3, 0.4) is 0 Å². The Balaban J connectivity index is 2.24. The molecule has 0 heterocycles. The number of allylic oxidation sites excluding steroid dienone is 1. The first-order chi connectivity index (χ1) is 9.61. The zero-order chi connectivity index (χ0) is 15.8. The lowest BCUT2D eigenvalue weighted by atomic mass is 9.83. The lowest BCUT2D eigenvalue weighted by Crippen LogP contribution is -2.43. The average Bonchev–Trinajstić information content (AvgIpc) is 2.36. The van der Waals surface area contributed by atoms with Crippen LogP contribution < -0.4 is 17.2 Å². The summed E-state index contributed by atoms with van der Waals surface area (Å²) in [5.41, 5.74) is 16.3. The van der Waals surface area contributed by atoms with Crippen molar-refractivity contribution < 1.29 is 17.6 Å². The fourth-order valence-corrected chi connectivity index (χ4v) is 2.22. The van der Waals surface area contributed by atoms with Gasteiger partial charge in [0.1, 0.15) is 5.82 Å². The first kappa shape index (κ1) is 15.4. The first-order valence-corrected chi connectivity index (χ1v) is 6.18. The monoisotopic (exact) mass is 301 g/mol. The molecule has 1 atom stereocenters. The molecule has 1 aliphatic rings. The van der Waals surface area contributed by atoms with Gasteiger partial charge in [-0.15, -0.1) is 0 Å². The van der Waals surface area contributed by atoms with E-state index in [0.717, 1.165) is 12.1 Å². The van der Waals surface area contributed by atoms with Crippen LogP contribution in [0.2, 0.25) is 0 Å². The van der Waals surface area contributed by atoms with E-state index < -0.39 is 23.1 Å². The van der Waals surface area contributed by atoms with E-state index in [2.05, 4.69) is 0 Å². The zero-order valence-corrected chi connectivity index (χ0v) is 11.0. The average molecular weight is 301 g/mol. The van der Waals surface area contributed by atoms with Gasteiger partial charge in [0, 0.05) is 17.7 Å². The standard InChI is InChI=1S/C14H15F4N3/c15-10-5-9(14(16,17)18)2-1-8(10)6-13(21)4-3-11(19)12(20)7-13/h1-5H,6-7,19-21H2. The third-order valence-electron chi connectivity index (χ3n) is 3.39. The van der Waals surface area contributed by atoms with E-state index >= 15 is 0 Å². The quantitative estimate of drug-likeness (QED) is 0.733. The predicted molar refractivity (Wildman–Crippen MR) is 71.2 cm³/mol. The van der Waals surface area contributed by atoms with Crippen LogP contribution >= 0.6 is 0 Å². The molecule has 1 aliphatic carbocycles. The number of halogens is 4. The maximum absolute atomic E-state index is 13.8. The molecular formula is C14H15F4N3. The molecule has 21 heavy (non-hydrogen) atoms. The van der Waals surface area contributed by atoms with Crippen LogP contribution in [0.5, 0.6) is 0 Å². The molecule has 2 rings (SSSR count). The van der Waals surface area contributed by atoms with Crippen LogP contribution in [0.15, 0.2) is 41.7 Å². The molecule has 6 N–H and O–H groups in total. The second-order valence-electron chi connectivity index (χ2n) is 5.20. The molecule has 0 aromatic heterocycles. The lowest BCUT2D eigenvalue weighted by Gasteiger charge is -2.30. The Labute approximate surface area is 119 Å². The number of nitrogens with two attached hydrogens (primary N) is 3. The molecule has 0 saturated heterocycles. The Morgan fingerprint density at radius 2 is 1.86 bits per heavy atom. The second kappa shape index (κ2) is 5.07. The fraction of sp³-hybridized carbons (Fsp3) is 0.286. The Kier molecular flexibility index (Phi) is 3.71. The summed E-state index contributed by atoms with van der Waals surface area (Å²) in [6, 6.07) is 2.40. The molecule has 0 bridgehead atoms. The van der Waals surface area contributed by atoms with Gasteiger partial charge >= 0.3 is 6.18 Å². The SMILES string of the molecule is NC1=C(N)CC(N)(Cc2ccc(C(F)(F)F)cc2F)C=C1. The normalized spacial score (nSPS) is 22.7. The maximum atomic E-state index is 13.8. The molecule has 1 aromatic rings. The summed E-state index contributed by atoms with van der Waals surface area (Å²) in [4.78, 5) is 0. The largest absolute Gasteiger partial charge is 0.416 e. The van der Waals surface area contributed by atoms with Crippen molar-refractivity contribution in [1.29, 1.82) is 0 Å². The van der Waals surface area contributed by atoms with Crippen LogP contribution in [0, 0.1) is 5.82 Å². The Bertz CT molecular complexity index is 619. The highest BCUT2D eigenvalue weighted by Gasteiger charge is 2.32. The molecule has 7 heteroatoms. The van der Waals surface area contributed by atoms with Gasteiger partial charge in [-0.3, -0.25) is 0 Å². The van der Waals surface area contributed by atoms with Gasteiger partial charge in [0.2, 0.25) is 0 Å². The van der Waals surface area contributed by atoms with Crippen LogP contribution in [-0.4, -0.2) is 5.54 Å². The molecule has 0 spiro atoms. The molecule has 1 aromatic carbocycles. The van der Waals surface area contributed by atoms with E-state index in [9.17, 15) is 17.6 Å². The minimum Gasteiger partial charge on any atom is -0.400 e. The van der Waals surface area contributed by atoms with Crippen molar-refractivity contribution in [2.45, 2.75) is 24.6 Å². The van der Waals surface area contributed by atoms with E-state index in [1.165, 1.54) is 6.08 Å². The molecule has 0 radical (unpaired) electrons. The molecule has 0 aliphatic heterocycles. The van der Waals surface area contributed by atoms with Crippen molar-refractivity contribution >= 4 is 0 Å². The Morgan fingerprint density at radius 3 is 2.38 bits per heavy atom. The van der Waals surface area contributed by atoms with Crippen LogP contribution in [-0.2, 0) is 12.6 Å². The fourth-order valence-electron chi connectivity index (χ4n) is 2.22. The molecule has 0 amide bonds. The summed E-state index contributed by atoms with van der Waals surface area (Å²) < 4.78 is 51.3. The summed E-state index contributed by atoms with van der Waals surface area (Å²) in [5.74, 6) is -0.941. The third kappa shape index (κ3) is 3.36. The highest BCUT2D eigenvalue weighted by molar-refractivity contribution is 5.35. The summed E-state index contributed by atoms with van der Waals surface area (Å²) >= 11 is 0. The van der Waals surface area contributed by atoms with E-state index in [1.54, 1.807) is 6.08 Å². The number of benzene rings is 1. The molecule has 1 unspecified atom stereocenters. The summed E-state index contributed by atoms with van der Waals surface area (Å²) in [5, 5.41) is 0. The van der Waals surface area contributed by atoms with Gasteiger partial charge in [-0.05, 0) is 30.2 Å². The topological polar surface area (TPSA) is 78.1 Å². The highest BCUT2D eigenvalue weighted by atomic mass is 19.4. The Morgan fingerprint density at radius 1 is 1.19 bits per heavy atom. The highest BCUT2D eigenvalue weighted by Crippen LogP contribution is 2.31. The van der Waals surface area contributed by atoms with Crippen LogP contribution in [0.4, 0.5) is 17.6 Å². The van der Waals surface area contributed by atoms with Gasteiger partial charge in [-0.2, -0.15) is 13.2 Å². The van der Waals surface area contributed by atoms with E-state index in [4.69, 9.17) is 17.2 Å². The first-order valence-electron chi connectivity index (χ1n) is 6.18. The number of rotatable bonds is 2. The van der Waals surface area contributed by atoms with Gasteiger partial charge in [0.25, 0.3) is 0 Å². The Hall–Kier alpha value is -2.02. The smallest absolute Gasteiger partial charge is 0.400 e. The molecule has 0 saturated carbocycles. The second-order valence-corrected chi connectivity index (χ2v) is 5.20. The van der Waals surface area contributed by atoms with Gasteiger partial charge < -0.3 is 17.2 Å². The van der Waals surface area contributed by atoms with Gasteiger partial charge in [0.05, 0.1) is 11.3 Å². The van der Waals surface area contributed by atoms with Crippen molar-refractivity contribution in [3.63, 3.8) is 0 Å². The van der Waals surface area contributed by atoms with Crippen molar-refractivity contribution in [1.82, 2.24) is 0 Å². The summed E-state index contributed by atoms with van der Waals surface area (Å²) in [7, 11) is 0. The summed E-state index contributed by atoms with van der Waals surface area (Å²) in [6.45, 7) is 0. The minimum absolute atomic E-state index is 0.0292. The van der Waals surface area contributed by atoms with Gasteiger partial charge in [0.15, 0.2) is 0 Å². The zero-order valence-electron chi connectivity index (χ0n) is 11.0. The molecule has 3 nitrogen and oxygen atoms in total. The summed E-state index contributed by atoms with van der Waals surface area (Å²) in [6.07, 6.45) is -1.21. The van der Waals surface area contributed by atoms with Gasteiger partial charge in [-0.1, -0.05) is 12.1 Å². The maximum Gasteiger partial charge on any atom is 0.416 e. The van der Waals surface area contributed by atoms with Crippen molar-refractivity contribution in [3.05, 3.63) is 58.7 Å². The number of alkyl halides is 3. The van der Waals surface area contributed by atoms with Crippen molar-refractivity contribution in [3.8, 4) is 0 Å². The van der Waals surface area contributed by atoms with Crippen molar-refractivity contribution in [2.24, 2.45) is 17.2 Å². The van der Waals surface area contributed by atoms with Crippen LogP contribution in [0.25, 0.3) is 0 Å². The molecule has 114 valence electrons. The van der Waals surface area contributed by atoms with Crippen LogP contribution in [0.1, 0.15) is 17.5 Å². The van der Waals surface area contributed by atoms with E-state index in [1.807, 2.05) is 0 Å². The van der Waals surface area contributed by atoms with Crippen molar-refractivity contribution in [2.75, 3.05) is 0 Å². The van der Waals surface area contributed by atoms with Gasteiger partial charge in [-0.25, -0.2) is 4.39 Å². The number of hydrogen-bond acceptors (Lipinski definition) is 3. The minimum atomic E-state index is -4.58. The lowest BCUT2D eigenvalue weighted by molar-refractivity contribution is -0.137.